The molecule has 1 aromatic heterocycles. The van der Waals surface area contributed by atoms with E-state index >= 15 is 0 Å². The maximum atomic E-state index is 11.5. The van der Waals surface area contributed by atoms with Crippen LogP contribution in [0.4, 0.5) is 0 Å². The summed E-state index contributed by atoms with van der Waals surface area (Å²) in [6.07, 6.45) is 1.37. The number of ether oxygens (including phenoxy) is 2. The van der Waals surface area contributed by atoms with E-state index in [9.17, 15) is 4.79 Å². The molecule has 1 aliphatic heterocycles. The van der Waals surface area contributed by atoms with Gasteiger partial charge in [0.05, 0.1) is 13.7 Å². The zero-order chi connectivity index (χ0) is 13.0. The van der Waals surface area contributed by atoms with Crippen LogP contribution < -0.4 is 9.47 Å². The average molecular weight is 251 g/mol. The second kappa shape index (κ2) is 5.66. The number of aromatic nitrogens is 2. The second-order valence-electron chi connectivity index (χ2n) is 4.14. The van der Waals surface area contributed by atoms with Crippen LogP contribution in [-0.2, 0) is 4.79 Å². The van der Waals surface area contributed by atoms with E-state index in [2.05, 4.69) is 10.2 Å². The van der Waals surface area contributed by atoms with Crippen molar-refractivity contribution in [1.29, 1.82) is 0 Å². The molecule has 6 heteroatoms. The van der Waals surface area contributed by atoms with Gasteiger partial charge in [0.15, 0.2) is 0 Å². The lowest BCUT2D eigenvalue weighted by molar-refractivity contribution is -0.130. The van der Waals surface area contributed by atoms with Gasteiger partial charge >= 0.3 is 0 Å². The molecule has 0 saturated carbocycles. The third-order valence-corrected chi connectivity index (χ3v) is 2.91. The van der Waals surface area contributed by atoms with Crippen LogP contribution in [0, 0.1) is 0 Å². The molecule has 18 heavy (non-hydrogen) atoms. The van der Waals surface area contributed by atoms with E-state index in [-0.39, 0.29) is 12.0 Å². The molecule has 0 spiro atoms. The summed E-state index contributed by atoms with van der Waals surface area (Å²) >= 11 is 0. The Bertz CT molecular complexity index is 408. The molecule has 1 unspecified atom stereocenters. The van der Waals surface area contributed by atoms with Crippen LogP contribution in [0.3, 0.4) is 0 Å². The third-order valence-electron chi connectivity index (χ3n) is 2.91. The number of hydrogen-bond donors (Lipinski definition) is 0. The molecule has 0 aromatic carbocycles. The molecule has 1 aliphatic rings. The number of nitrogens with zero attached hydrogens (tertiary/aromatic N) is 3. The number of rotatable bonds is 4. The predicted octanol–water partition coefficient (Wildman–Crippen LogP) is 0.875. The minimum absolute atomic E-state index is 0.00296. The number of likely N-dealkylation sites (tertiary alicyclic amines) is 1. The number of hydrogen-bond acceptors (Lipinski definition) is 5. The monoisotopic (exact) mass is 251 g/mol. The summed E-state index contributed by atoms with van der Waals surface area (Å²) in [6, 6.07) is 3.42. The Labute approximate surface area is 106 Å². The summed E-state index contributed by atoms with van der Waals surface area (Å²) < 4.78 is 10.6. The Balaban J connectivity index is 1.89. The van der Waals surface area contributed by atoms with Gasteiger partial charge in [-0.15, -0.1) is 10.2 Å². The SMILES string of the molecule is CCC(=O)N1CCC(Oc2ccc(OC)nn2)C1. The molecule has 98 valence electrons. The van der Waals surface area contributed by atoms with Gasteiger partial charge < -0.3 is 14.4 Å². The van der Waals surface area contributed by atoms with Gasteiger partial charge in [-0.2, -0.15) is 0 Å². The van der Waals surface area contributed by atoms with Gasteiger partial charge in [0.1, 0.15) is 6.10 Å². The van der Waals surface area contributed by atoms with Crippen molar-refractivity contribution in [3.05, 3.63) is 12.1 Å². The summed E-state index contributed by atoms with van der Waals surface area (Å²) in [5.41, 5.74) is 0. The molecule has 1 atom stereocenters. The van der Waals surface area contributed by atoms with Gasteiger partial charge in [0, 0.05) is 31.5 Å². The highest BCUT2D eigenvalue weighted by atomic mass is 16.5. The van der Waals surface area contributed by atoms with E-state index in [0.29, 0.717) is 24.7 Å². The Kier molecular flexibility index (Phi) is 3.96. The van der Waals surface area contributed by atoms with Gasteiger partial charge in [-0.25, -0.2) is 0 Å². The largest absolute Gasteiger partial charge is 0.480 e. The predicted molar refractivity (Wildman–Crippen MR) is 64.5 cm³/mol. The van der Waals surface area contributed by atoms with Crippen molar-refractivity contribution in [3.8, 4) is 11.8 Å². The fraction of sp³-hybridized carbons (Fsp3) is 0.583. The first kappa shape index (κ1) is 12.6. The maximum Gasteiger partial charge on any atom is 0.233 e. The first-order chi connectivity index (χ1) is 8.72. The van der Waals surface area contributed by atoms with Gasteiger partial charge in [-0.05, 0) is 0 Å². The van der Waals surface area contributed by atoms with Crippen LogP contribution in [0.2, 0.25) is 0 Å². The summed E-state index contributed by atoms with van der Waals surface area (Å²) in [7, 11) is 1.54. The number of carbonyl (C=O) groups excluding carboxylic acids is 1. The lowest BCUT2D eigenvalue weighted by Gasteiger charge is -2.15. The van der Waals surface area contributed by atoms with Crippen molar-refractivity contribution in [1.82, 2.24) is 15.1 Å². The molecule has 1 aromatic rings. The Morgan fingerprint density at radius 1 is 1.44 bits per heavy atom. The van der Waals surface area contributed by atoms with E-state index in [1.807, 2.05) is 11.8 Å². The van der Waals surface area contributed by atoms with Gasteiger partial charge in [0.25, 0.3) is 0 Å². The molecule has 1 amide bonds. The molecule has 0 aliphatic carbocycles. The molecule has 1 fully saturated rings. The van der Waals surface area contributed by atoms with E-state index in [4.69, 9.17) is 9.47 Å². The first-order valence-electron chi connectivity index (χ1n) is 6.05. The Hall–Kier alpha value is -1.85. The van der Waals surface area contributed by atoms with Gasteiger partial charge in [-0.1, -0.05) is 6.92 Å². The fourth-order valence-electron chi connectivity index (χ4n) is 1.92. The van der Waals surface area contributed by atoms with Crippen LogP contribution in [0.5, 0.6) is 11.8 Å². The Morgan fingerprint density at radius 3 is 2.78 bits per heavy atom. The summed E-state index contributed by atoms with van der Waals surface area (Å²) in [4.78, 5) is 13.3. The molecule has 6 nitrogen and oxygen atoms in total. The lowest BCUT2D eigenvalue weighted by Crippen LogP contribution is -2.30. The number of amides is 1. The van der Waals surface area contributed by atoms with E-state index in [1.165, 1.54) is 7.11 Å². The van der Waals surface area contributed by atoms with Crippen molar-refractivity contribution in [3.63, 3.8) is 0 Å². The fourth-order valence-corrected chi connectivity index (χ4v) is 1.92. The van der Waals surface area contributed by atoms with Crippen LogP contribution in [0.15, 0.2) is 12.1 Å². The molecular formula is C12H17N3O3. The average Bonchev–Trinajstić information content (AvgIpc) is 2.87. The third kappa shape index (κ3) is 2.88. The van der Waals surface area contributed by atoms with Crippen molar-refractivity contribution in [2.75, 3.05) is 20.2 Å². The minimum Gasteiger partial charge on any atom is -0.480 e. The molecule has 0 bridgehead atoms. The molecule has 1 saturated heterocycles. The van der Waals surface area contributed by atoms with Crippen LogP contribution >= 0.6 is 0 Å². The molecule has 2 heterocycles. The van der Waals surface area contributed by atoms with Crippen LogP contribution in [0.25, 0.3) is 0 Å². The zero-order valence-electron chi connectivity index (χ0n) is 10.6. The maximum absolute atomic E-state index is 11.5. The van der Waals surface area contributed by atoms with Crippen molar-refractivity contribution >= 4 is 5.91 Å². The van der Waals surface area contributed by atoms with E-state index < -0.39 is 0 Å². The highest BCUT2D eigenvalue weighted by molar-refractivity contribution is 5.76. The highest BCUT2D eigenvalue weighted by Gasteiger charge is 2.26. The topological polar surface area (TPSA) is 64.6 Å². The lowest BCUT2D eigenvalue weighted by atomic mass is 10.3. The quantitative estimate of drug-likeness (QED) is 0.794. The molecule has 0 radical (unpaired) electrons. The second-order valence-corrected chi connectivity index (χ2v) is 4.14. The van der Waals surface area contributed by atoms with E-state index in [1.54, 1.807) is 12.1 Å². The first-order valence-corrected chi connectivity index (χ1v) is 6.05. The van der Waals surface area contributed by atoms with Crippen molar-refractivity contribution < 1.29 is 14.3 Å². The van der Waals surface area contributed by atoms with Gasteiger partial charge in [-0.3, -0.25) is 4.79 Å². The zero-order valence-corrected chi connectivity index (χ0v) is 10.6. The Morgan fingerprint density at radius 2 is 2.17 bits per heavy atom. The summed E-state index contributed by atoms with van der Waals surface area (Å²) in [5, 5.41) is 7.73. The number of carbonyl (C=O) groups is 1. The molecular weight excluding hydrogens is 234 g/mol. The smallest absolute Gasteiger partial charge is 0.233 e. The molecule has 2 rings (SSSR count). The standard InChI is InChI=1S/C12H17N3O3/c1-3-12(16)15-7-6-9(8-15)18-11-5-4-10(17-2)13-14-11/h4-5,9H,3,6-8H2,1-2H3. The minimum atomic E-state index is 0.00296. The molecule has 0 N–H and O–H groups in total. The van der Waals surface area contributed by atoms with Crippen LogP contribution in [0.1, 0.15) is 19.8 Å². The highest BCUT2D eigenvalue weighted by Crippen LogP contribution is 2.17. The van der Waals surface area contributed by atoms with E-state index in [0.717, 1.165) is 13.0 Å². The summed E-state index contributed by atoms with van der Waals surface area (Å²) in [6.45, 7) is 3.24. The van der Waals surface area contributed by atoms with Crippen molar-refractivity contribution in [2.24, 2.45) is 0 Å². The summed E-state index contributed by atoms with van der Waals surface area (Å²) in [5.74, 6) is 1.09. The van der Waals surface area contributed by atoms with Crippen molar-refractivity contribution in [2.45, 2.75) is 25.9 Å². The number of methoxy groups -OCH3 is 1. The normalized spacial score (nSPS) is 18.8. The van der Waals surface area contributed by atoms with Gasteiger partial charge in [0.2, 0.25) is 17.7 Å². The van der Waals surface area contributed by atoms with Crippen LogP contribution in [-0.4, -0.2) is 47.3 Å².